The Morgan fingerprint density at radius 3 is 1.81 bits per heavy atom. The second-order valence-electron chi connectivity index (χ2n) is 10.4. The van der Waals surface area contributed by atoms with Crippen molar-refractivity contribution in [1.29, 1.82) is 0 Å². The van der Waals surface area contributed by atoms with E-state index in [0.717, 1.165) is 6.42 Å². The van der Waals surface area contributed by atoms with Gasteiger partial charge in [-0.05, 0) is 57.5 Å². The van der Waals surface area contributed by atoms with Crippen LogP contribution < -0.4 is 32.3 Å². The van der Waals surface area contributed by atoms with Gasteiger partial charge in [-0.15, -0.1) is 0 Å². The Hall–Kier alpha value is -2.53. The molecule has 0 aromatic heterocycles. The Labute approximate surface area is 222 Å². The van der Waals surface area contributed by atoms with E-state index in [0.29, 0.717) is 32.1 Å². The highest BCUT2D eigenvalue weighted by Crippen LogP contribution is 2.10. The highest BCUT2D eigenvalue weighted by molar-refractivity contribution is 5.95. The van der Waals surface area contributed by atoms with Crippen LogP contribution in [0.25, 0.3) is 0 Å². The number of unbranched alkanes of at least 4 members (excludes halogenated alkanes) is 1. The minimum absolute atomic E-state index is 0.0640. The summed E-state index contributed by atoms with van der Waals surface area (Å²) in [5.74, 6) is -2.11. The first-order valence-electron chi connectivity index (χ1n) is 13.4. The number of nitrogens with one attached hydrogen (secondary N) is 5. The maximum Gasteiger partial charge on any atom is 0.243 e. The molecule has 37 heavy (non-hydrogen) atoms. The summed E-state index contributed by atoms with van der Waals surface area (Å²) in [7, 11) is 1.70. The fraction of sp³-hybridized carbons (Fsp3) is 0.808. The number of hydrogen-bond acceptors (Lipinski definition) is 7. The minimum Gasteiger partial charge on any atom is -0.345 e. The second kappa shape index (κ2) is 17.8. The van der Waals surface area contributed by atoms with E-state index >= 15 is 0 Å². The molecule has 214 valence electrons. The van der Waals surface area contributed by atoms with E-state index in [1.165, 1.54) is 6.92 Å². The summed E-state index contributed by atoms with van der Waals surface area (Å²) in [6.07, 6.45) is 3.15. The molecule has 6 atom stereocenters. The molecule has 0 rings (SSSR count). The van der Waals surface area contributed by atoms with Gasteiger partial charge in [0.25, 0.3) is 0 Å². The third-order valence-electron chi connectivity index (χ3n) is 6.56. The number of amides is 4. The van der Waals surface area contributed by atoms with Crippen molar-refractivity contribution in [2.75, 3.05) is 13.6 Å². The number of likely N-dealkylation sites (N-methyl/N-ethyl adjacent to an activating group) is 1. The van der Waals surface area contributed by atoms with Gasteiger partial charge in [0.2, 0.25) is 23.6 Å². The Balaban J connectivity index is 5.49. The average Bonchev–Trinajstić information content (AvgIpc) is 2.84. The van der Waals surface area contributed by atoms with Gasteiger partial charge in [-0.1, -0.05) is 48.0 Å². The fourth-order valence-corrected chi connectivity index (χ4v) is 3.74. The van der Waals surface area contributed by atoms with Crippen molar-refractivity contribution >= 4 is 29.9 Å². The molecule has 4 amide bonds. The van der Waals surface area contributed by atoms with Crippen LogP contribution in [0.3, 0.4) is 0 Å². The lowest BCUT2D eigenvalue weighted by Crippen LogP contribution is -2.59. The molecule has 0 saturated carbocycles. The molecular formula is C26H50N6O5. The van der Waals surface area contributed by atoms with Crippen molar-refractivity contribution < 1.29 is 24.0 Å². The van der Waals surface area contributed by atoms with Gasteiger partial charge in [0.1, 0.15) is 24.4 Å². The summed E-state index contributed by atoms with van der Waals surface area (Å²) in [5, 5.41) is 13.8. The lowest BCUT2D eigenvalue weighted by molar-refractivity contribution is -0.135. The molecule has 0 bridgehead atoms. The third kappa shape index (κ3) is 12.0. The number of carbonyl (C=O) groups excluding carboxylic acids is 5. The van der Waals surface area contributed by atoms with Gasteiger partial charge in [0.15, 0.2) is 0 Å². The molecule has 0 aliphatic carbocycles. The molecule has 0 radical (unpaired) electrons. The van der Waals surface area contributed by atoms with Crippen LogP contribution in [0.1, 0.15) is 74.1 Å². The first-order chi connectivity index (χ1) is 17.3. The Morgan fingerprint density at radius 2 is 1.35 bits per heavy atom. The molecule has 0 fully saturated rings. The van der Waals surface area contributed by atoms with E-state index in [2.05, 4.69) is 26.6 Å². The normalized spacial score (nSPS) is 16.2. The highest BCUT2D eigenvalue weighted by atomic mass is 16.2. The first-order valence-corrected chi connectivity index (χ1v) is 13.4. The van der Waals surface area contributed by atoms with Crippen LogP contribution >= 0.6 is 0 Å². The molecule has 0 aliphatic heterocycles. The number of carbonyl (C=O) groups is 5. The van der Waals surface area contributed by atoms with Gasteiger partial charge in [0.05, 0.1) is 12.1 Å². The monoisotopic (exact) mass is 526 g/mol. The smallest absolute Gasteiger partial charge is 0.243 e. The van der Waals surface area contributed by atoms with Crippen LogP contribution in [0.2, 0.25) is 0 Å². The number of aldehydes is 1. The zero-order chi connectivity index (χ0) is 28.7. The van der Waals surface area contributed by atoms with Gasteiger partial charge in [-0.3, -0.25) is 19.2 Å². The third-order valence-corrected chi connectivity index (χ3v) is 6.56. The van der Waals surface area contributed by atoms with E-state index in [-0.39, 0.29) is 23.7 Å². The summed E-state index contributed by atoms with van der Waals surface area (Å²) < 4.78 is 0. The minimum atomic E-state index is -0.932. The standard InChI is InChI=1S/C26H50N6O5/c1-9-17(6)22(28-8)26(37)30-19(12-10-11-13-27)24(35)32-21(16(4)5)25(36)29-18(7)23(34)31-20(14-33)15(2)3/h14-22,28H,9-13,27H2,1-8H3,(H,29,36)(H,30,37)(H,31,34)(H,32,35). The highest BCUT2D eigenvalue weighted by Gasteiger charge is 2.32. The zero-order valence-corrected chi connectivity index (χ0v) is 23.9. The zero-order valence-electron chi connectivity index (χ0n) is 23.9. The van der Waals surface area contributed by atoms with Crippen molar-refractivity contribution in [1.82, 2.24) is 26.6 Å². The molecule has 0 aromatic rings. The molecule has 6 unspecified atom stereocenters. The lowest BCUT2D eigenvalue weighted by Gasteiger charge is -2.28. The van der Waals surface area contributed by atoms with Gasteiger partial charge in [-0.2, -0.15) is 0 Å². The second-order valence-corrected chi connectivity index (χ2v) is 10.4. The summed E-state index contributed by atoms with van der Waals surface area (Å²) in [4.78, 5) is 62.9. The Kier molecular flexibility index (Phi) is 16.6. The molecular weight excluding hydrogens is 476 g/mol. The molecule has 7 N–H and O–H groups in total. The molecule has 0 aliphatic rings. The number of nitrogens with two attached hydrogens (primary N) is 1. The maximum atomic E-state index is 13.2. The van der Waals surface area contributed by atoms with E-state index in [1.54, 1.807) is 34.7 Å². The van der Waals surface area contributed by atoms with Crippen LogP contribution in [0.4, 0.5) is 0 Å². The van der Waals surface area contributed by atoms with Gasteiger partial charge >= 0.3 is 0 Å². The number of rotatable bonds is 18. The van der Waals surface area contributed by atoms with Crippen LogP contribution in [0.5, 0.6) is 0 Å². The Morgan fingerprint density at radius 1 is 0.757 bits per heavy atom. The largest absolute Gasteiger partial charge is 0.345 e. The van der Waals surface area contributed by atoms with Crippen molar-refractivity contribution in [2.45, 2.75) is 104 Å². The predicted octanol–water partition coefficient (Wildman–Crippen LogP) is 0.220. The van der Waals surface area contributed by atoms with Crippen molar-refractivity contribution in [3.05, 3.63) is 0 Å². The van der Waals surface area contributed by atoms with E-state index < -0.39 is 47.9 Å². The topological polar surface area (TPSA) is 172 Å². The van der Waals surface area contributed by atoms with Crippen LogP contribution in [0, 0.1) is 17.8 Å². The molecule has 0 aromatic carbocycles. The molecule has 11 nitrogen and oxygen atoms in total. The van der Waals surface area contributed by atoms with Crippen LogP contribution in [-0.2, 0) is 24.0 Å². The van der Waals surface area contributed by atoms with Crippen molar-refractivity contribution in [3.63, 3.8) is 0 Å². The lowest BCUT2D eigenvalue weighted by atomic mass is 9.97. The summed E-state index contributed by atoms with van der Waals surface area (Å²) >= 11 is 0. The van der Waals surface area contributed by atoms with Crippen LogP contribution in [-0.4, -0.2) is 73.7 Å². The summed E-state index contributed by atoms with van der Waals surface area (Å²) in [6, 6.07) is -3.81. The van der Waals surface area contributed by atoms with E-state index in [9.17, 15) is 24.0 Å². The Bertz CT molecular complexity index is 745. The predicted molar refractivity (Wildman–Crippen MR) is 144 cm³/mol. The fourth-order valence-electron chi connectivity index (χ4n) is 3.74. The SMILES string of the molecule is CCC(C)C(NC)C(=O)NC(CCCCN)C(=O)NC(C(=O)NC(C)C(=O)NC(C=O)C(C)C)C(C)C. The molecule has 0 spiro atoms. The average molecular weight is 527 g/mol. The molecule has 11 heteroatoms. The van der Waals surface area contributed by atoms with E-state index in [1.807, 2.05) is 13.8 Å². The summed E-state index contributed by atoms with van der Waals surface area (Å²) in [6.45, 7) is 13.1. The summed E-state index contributed by atoms with van der Waals surface area (Å²) in [5.41, 5.74) is 5.60. The maximum absolute atomic E-state index is 13.2. The van der Waals surface area contributed by atoms with Gasteiger partial charge in [0, 0.05) is 0 Å². The van der Waals surface area contributed by atoms with Crippen molar-refractivity contribution in [2.24, 2.45) is 23.5 Å². The first kappa shape index (κ1) is 34.5. The van der Waals surface area contributed by atoms with Gasteiger partial charge < -0.3 is 37.1 Å². The molecule has 0 saturated heterocycles. The van der Waals surface area contributed by atoms with Crippen molar-refractivity contribution in [3.8, 4) is 0 Å². The number of hydrogen-bond donors (Lipinski definition) is 6. The van der Waals surface area contributed by atoms with Crippen LogP contribution in [0.15, 0.2) is 0 Å². The molecule has 0 heterocycles. The van der Waals surface area contributed by atoms with Gasteiger partial charge in [-0.25, -0.2) is 0 Å². The van der Waals surface area contributed by atoms with E-state index in [4.69, 9.17) is 5.73 Å². The quantitative estimate of drug-likeness (QED) is 0.109.